The van der Waals surface area contributed by atoms with Crippen LogP contribution in [0, 0.1) is 0 Å². The molecule has 0 bridgehead atoms. The molecule has 0 saturated heterocycles. The minimum Gasteiger partial charge on any atom is -0.462 e. The Bertz CT molecular complexity index is 708. The lowest BCUT2D eigenvalue weighted by Crippen LogP contribution is -2.06. The number of ether oxygens (including phenoxy) is 1. The van der Waals surface area contributed by atoms with Crippen LogP contribution in [0.2, 0.25) is 0 Å². The van der Waals surface area contributed by atoms with Crippen LogP contribution < -0.4 is 5.73 Å². The summed E-state index contributed by atoms with van der Waals surface area (Å²) in [7, 11) is 0. The molecule has 0 spiro atoms. The molecule has 2 aromatic rings. The molecule has 0 aliphatic carbocycles. The monoisotopic (exact) mass is 359 g/mol. The normalized spacial score (nSPS) is 11.1. The van der Waals surface area contributed by atoms with E-state index in [1.165, 1.54) is 29.7 Å². The van der Waals surface area contributed by atoms with E-state index in [4.69, 9.17) is 10.5 Å². The van der Waals surface area contributed by atoms with E-state index < -0.39 is 5.97 Å². The van der Waals surface area contributed by atoms with Crippen LogP contribution in [0.3, 0.4) is 0 Å². The lowest BCUT2D eigenvalue weighted by Gasteiger charge is -2.02. The van der Waals surface area contributed by atoms with E-state index in [1.54, 1.807) is 6.07 Å². The number of thiophene rings is 1. The fraction of sp³-hybridized carbons (Fsp3) is 0.421. The zero-order valence-corrected chi connectivity index (χ0v) is 15.6. The molecule has 1 aromatic heterocycles. The summed E-state index contributed by atoms with van der Waals surface area (Å²) in [6.07, 6.45) is 5.27. The number of nitrogens with two attached hydrogens (primary N) is 1. The highest BCUT2D eigenvalue weighted by Crippen LogP contribution is 2.33. The van der Waals surface area contributed by atoms with Crippen molar-refractivity contribution in [3.63, 3.8) is 0 Å². The van der Waals surface area contributed by atoms with Gasteiger partial charge in [-0.3, -0.25) is 0 Å². The number of unbranched alkanes of at least 4 members (excludes halogenated alkanes) is 2. The van der Waals surface area contributed by atoms with E-state index in [0.717, 1.165) is 24.9 Å². The number of nitrogens with zero attached hydrogens (tertiary/aromatic N) is 2. The van der Waals surface area contributed by atoms with Gasteiger partial charge in [-0.15, -0.1) is 10.2 Å². The molecule has 0 aliphatic rings. The number of carbonyl (C=O) groups is 1. The van der Waals surface area contributed by atoms with Crippen LogP contribution in [0.4, 0.5) is 15.7 Å². The van der Waals surface area contributed by atoms with Crippen molar-refractivity contribution in [2.75, 3.05) is 12.3 Å². The average Bonchev–Trinajstić information content (AvgIpc) is 3.00. The van der Waals surface area contributed by atoms with Crippen LogP contribution in [-0.4, -0.2) is 12.6 Å². The van der Waals surface area contributed by atoms with Gasteiger partial charge in [0.25, 0.3) is 0 Å². The van der Waals surface area contributed by atoms with E-state index in [0.29, 0.717) is 22.2 Å². The molecule has 0 unspecified atom stereocenters. The van der Waals surface area contributed by atoms with Crippen molar-refractivity contribution in [2.45, 2.75) is 46.0 Å². The van der Waals surface area contributed by atoms with Gasteiger partial charge in [0.15, 0.2) is 0 Å². The van der Waals surface area contributed by atoms with Gasteiger partial charge in [-0.25, -0.2) is 4.79 Å². The Morgan fingerprint density at radius 3 is 2.52 bits per heavy atom. The summed E-state index contributed by atoms with van der Waals surface area (Å²) in [5, 5.41) is 9.40. The first-order chi connectivity index (χ1) is 12.1. The number of benzene rings is 1. The van der Waals surface area contributed by atoms with Gasteiger partial charge in [0.2, 0.25) is 0 Å². The number of hydrogen-bond acceptors (Lipinski definition) is 6. The quantitative estimate of drug-likeness (QED) is 0.336. The summed E-state index contributed by atoms with van der Waals surface area (Å²) < 4.78 is 5.19. The Kier molecular flexibility index (Phi) is 7.60. The van der Waals surface area contributed by atoms with Crippen LogP contribution in [0.25, 0.3) is 0 Å². The maximum atomic E-state index is 12.0. The second-order valence-corrected chi connectivity index (χ2v) is 6.88. The summed E-state index contributed by atoms with van der Waals surface area (Å²) in [4.78, 5) is 12.0. The van der Waals surface area contributed by atoms with Crippen LogP contribution in [0.15, 0.2) is 40.6 Å². The van der Waals surface area contributed by atoms with E-state index in [9.17, 15) is 4.79 Å². The van der Waals surface area contributed by atoms with E-state index in [-0.39, 0.29) is 0 Å². The molecule has 0 fully saturated rings. The minimum absolute atomic E-state index is 0.366. The van der Waals surface area contributed by atoms with Crippen LogP contribution in [0.5, 0.6) is 0 Å². The first-order valence-corrected chi connectivity index (χ1v) is 9.52. The molecule has 0 aliphatic heterocycles. The Balaban J connectivity index is 1.99. The molecule has 1 heterocycles. The predicted octanol–water partition coefficient (Wildman–Crippen LogP) is 6.05. The largest absolute Gasteiger partial charge is 0.462 e. The highest BCUT2D eigenvalue weighted by Gasteiger charge is 2.15. The first-order valence-electron chi connectivity index (χ1n) is 8.71. The number of rotatable bonds is 9. The Labute approximate surface area is 152 Å². The van der Waals surface area contributed by atoms with Gasteiger partial charge in [-0.1, -0.05) is 50.2 Å². The summed E-state index contributed by atoms with van der Waals surface area (Å²) in [5.41, 5.74) is 8.34. The van der Waals surface area contributed by atoms with Gasteiger partial charge in [0, 0.05) is 0 Å². The number of esters is 1. The number of anilines is 1. The van der Waals surface area contributed by atoms with Crippen molar-refractivity contribution in [3.8, 4) is 0 Å². The summed E-state index contributed by atoms with van der Waals surface area (Å²) in [6, 6.07) is 9.68. The highest BCUT2D eigenvalue weighted by atomic mass is 32.1. The standard InChI is InChI=1S/C19H25N3O2S/c1-3-5-7-14-8-10-15(11-9-14)21-22-17-13-16(18(20)25-17)19(23)24-12-6-4-2/h8-11,13H,3-7,12,20H2,1-2H3. The Hall–Kier alpha value is -2.21. The second-order valence-electron chi connectivity index (χ2n) is 5.82. The van der Waals surface area contributed by atoms with Gasteiger partial charge in [-0.2, -0.15) is 0 Å². The van der Waals surface area contributed by atoms with Crippen molar-refractivity contribution in [1.82, 2.24) is 0 Å². The number of carbonyl (C=O) groups excluding carboxylic acids is 1. The summed E-state index contributed by atoms with van der Waals surface area (Å²) >= 11 is 1.23. The second kappa shape index (κ2) is 9.93. The molecule has 0 amide bonds. The number of hydrogen-bond donors (Lipinski definition) is 1. The van der Waals surface area contributed by atoms with Crippen molar-refractivity contribution >= 4 is 33.0 Å². The molecule has 6 heteroatoms. The molecule has 25 heavy (non-hydrogen) atoms. The van der Waals surface area contributed by atoms with E-state index in [1.807, 2.05) is 19.1 Å². The predicted molar refractivity (Wildman–Crippen MR) is 103 cm³/mol. The number of nitrogen functional groups attached to an aromatic ring is 1. The third-order valence-electron chi connectivity index (χ3n) is 3.72. The topological polar surface area (TPSA) is 77.0 Å². The van der Waals surface area contributed by atoms with Crippen LogP contribution in [0.1, 0.15) is 55.5 Å². The van der Waals surface area contributed by atoms with Crippen molar-refractivity contribution in [1.29, 1.82) is 0 Å². The molecular formula is C19H25N3O2S. The molecule has 0 radical (unpaired) electrons. The van der Waals surface area contributed by atoms with Crippen LogP contribution in [-0.2, 0) is 11.2 Å². The fourth-order valence-electron chi connectivity index (χ4n) is 2.20. The lowest BCUT2D eigenvalue weighted by atomic mass is 10.1. The minimum atomic E-state index is -0.399. The summed E-state index contributed by atoms with van der Waals surface area (Å²) in [6.45, 7) is 4.64. The summed E-state index contributed by atoms with van der Waals surface area (Å²) in [5.74, 6) is -0.399. The SMILES string of the molecule is CCCCOC(=O)c1cc(N=Nc2ccc(CCCC)cc2)sc1N. The smallest absolute Gasteiger partial charge is 0.341 e. The van der Waals surface area contributed by atoms with Crippen molar-refractivity contribution < 1.29 is 9.53 Å². The van der Waals surface area contributed by atoms with Gasteiger partial charge < -0.3 is 10.5 Å². The first kappa shape index (κ1) is 19.1. The molecule has 2 N–H and O–H groups in total. The third-order valence-corrected chi connectivity index (χ3v) is 4.57. The molecular weight excluding hydrogens is 334 g/mol. The molecule has 1 aromatic carbocycles. The fourth-order valence-corrected chi connectivity index (χ4v) is 2.94. The van der Waals surface area contributed by atoms with E-state index in [2.05, 4.69) is 29.3 Å². The molecule has 134 valence electrons. The van der Waals surface area contributed by atoms with Gasteiger partial charge >= 0.3 is 5.97 Å². The zero-order chi connectivity index (χ0) is 18.1. The average molecular weight is 359 g/mol. The number of aryl methyl sites for hydroxylation is 1. The molecule has 5 nitrogen and oxygen atoms in total. The third kappa shape index (κ3) is 5.98. The van der Waals surface area contributed by atoms with E-state index >= 15 is 0 Å². The van der Waals surface area contributed by atoms with Crippen molar-refractivity contribution in [3.05, 3.63) is 41.5 Å². The number of azo groups is 1. The maximum absolute atomic E-state index is 12.0. The van der Waals surface area contributed by atoms with Crippen molar-refractivity contribution in [2.24, 2.45) is 10.2 Å². The highest BCUT2D eigenvalue weighted by molar-refractivity contribution is 7.19. The van der Waals surface area contributed by atoms with Gasteiger partial charge in [0.05, 0.1) is 17.9 Å². The molecule has 2 rings (SSSR count). The zero-order valence-electron chi connectivity index (χ0n) is 14.8. The maximum Gasteiger partial charge on any atom is 0.341 e. The lowest BCUT2D eigenvalue weighted by molar-refractivity contribution is 0.0501. The molecule has 0 saturated carbocycles. The Morgan fingerprint density at radius 1 is 1.12 bits per heavy atom. The van der Waals surface area contributed by atoms with Gasteiger partial charge in [0.1, 0.15) is 10.0 Å². The molecule has 0 atom stereocenters. The van der Waals surface area contributed by atoms with Crippen LogP contribution >= 0.6 is 11.3 Å². The van der Waals surface area contributed by atoms with Gasteiger partial charge in [-0.05, 0) is 43.0 Å². The Morgan fingerprint density at radius 2 is 1.84 bits per heavy atom.